The first-order valence-corrected chi connectivity index (χ1v) is 17.2. The molecule has 1 saturated heterocycles. The predicted octanol–water partition coefficient (Wildman–Crippen LogP) is 5.33. The molecule has 10 nitrogen and oxygen atoms in total. The van der Waals surface area contributed by atoms with Crippen molar-refractivity contribution in [2.75, 3.05) is 38.7 Å². The Morgan fingerprint density at radius 2 is 2.04 bits per heavy atom. The number of ether oxygens (including phenoxy) is 1. The number of rotatable bonds is 8. The van der Waals surface area contributed by atoms with E-state index in [1.165, 1.54) is 24.2 Å². The number of aryl methyl sites for hydroxylation is 1. The number of alkyl halides is 1. The number of nitrogens with zero attached hydrogens (tertiary/aromatic N) is 6. The molecule has 12 heteroatoms. The minimum absolute atomic E-state index is 0.169. The highest BCUT2D eigenvalue weighted by Crippen LogP contribution is 2.61. The lowest BCUT2D eigenvalue weighted by Gasteiger charge is -2.61. The summed E-state index contributed by atoms with van der Waals surface area (Å²) in [6.07, 6.45) is 7.23. The fourth-order valence-electron chi connectivity index (χ4n) is 8.10. The van der Waals surface area contributed by atoms with Crippen molar-refractivity contribution in [1.82, 2.24) is 29.7 Å². The number of hydrogen-bond donors (Lipinski definition) is 2. The molecule has 2 aromatic carbocycles. The van der Waals surface area contributed by atoms with Gasteiger partial charge in [0.25, 0.3) is 5.56 Å². The van der Waals surface area contributed by atoms with Crippen LogP contribution in [0.3, 0.4) is 0 Å². The van der Waals surface area contributed by atoms with Gasteiger partial charge < -0.3 is 20.3 Å². The fourth-order valence-corrected chi connectivity index (χ4v) is 8.10. The van der Waals surface area contributed by atoms with E-state index in [-0.39, 0.29) is 30.6 Å². The van der Waals surface area contributed by atoms with Gasteiger partial charge in [-0.05, 0) is 72.3 Å². The third kappa shape index (κ3) is 6.38. The van der Waals surface area contributed by atoms with E-state index < -0.39 is 12.5 Å². The summed E-state index contributed by atoms with van der Waals surface area (Å²) < 4.78 is 35.3. The van der Waals surface area contributed by atoms with Crippen LogP contribution >= 0.6 is 0 Å². The summed E-state index contributed by atoms with van der Waals surface area (Å²) in [7, 11) is 1.49. The number of anilines is 1. The summed E-state index contributed by atoms with van der Waals surface area (Å²) in [5.41, 5.74) is 2.19. The van der Waals surface area contributed by atoms with Gasteiger partial charge in [0.05, 0.1) is 36.3 Å². The number of benzene rings is 2. The minimum Gasteiger partial charge on any atom is -0.497 e. The molecule has 3 heterocycles. The Labute approximate surface area is 285 Å². The summed E-state index contributed by atoms with van der Waals surface area (Å²) in [6.45, 7) is 8.67. The highest BCUT2D eigenvalue weighted by molar-refractivity contribution is 5.96. The molecule has 5 atom stereocenters. The van der Waals surface area contributed by atoms with Gasteiger partial charge in [0.15, 0.2) is 11.8 Å². The van der Waals surface area contributed by atoms with Crippen LogP contribution in [0.5, 0.6) is 5.75 Å². The van der Waals surface area contributed by atoms with Crippen molar-refractivity contribution in [2.24, 2.45) is 28.2 Å². The third-order valence-electron chi connectivity index (χ3n) is 11.2. The number of guanidine groups is 1. The van der Waals surface area contributed by atoms with Crippen LogP contribution in [0.2, 0.25) is 0 Å². The molecular weight excluding hydrogens is 626 g/mol. The maximum atomic E-state index is 14.8. The highest BCUT2D eigenvalue weighted by atomic mass is 19.1. The van der Waals surface area contributed by atoms with Crippen LogP contribution in [0.4, 0.5) is 14.5 Å². The van der Waals surface area contributed by atoms with Crippen LogP contribution in [0, 0.1) is 29.0 Å². The molecular formula is C37H44F2N8O2. The minimum atomic E-state index is -0.454. The van der Waals surface area contributed by atoms with Crippen LogP contribution in [-0.4, -0.2) is 75.9 Å². The maximum Gasteiger partial charge on any atom is 0.261 e. The molecule has 4 fully saturated rings. The molecule has 0 amide bonds. The third-order valence-corrected chi connectivity index (χ3v) is 11.2. The van der Waals surface area contributed by atoms with Crippen LogP contribution in [0.25, 0.3) is 22.4 Å². The van der Waals surface area contributed by atoms with Gasteiger partial charge in [-0.25, -0.2) is 23.7 Å². The number of halogens is 2. The summed E-state index contributed by atoms with van der Waals surface area (Å²) in [6, 6.07) is 10.1. The molecule has 2 aromatic heterocycles. The molecule has 3 saturated carbocycles. The van der Waals surface area contributed by atoms with Crippen molar-refractivity contribution in [3.8, 4) is 17.3 Å². The van der Waals surface area contributed by atoms with Gasteiger partial charge in [0.2, 0.25) is 0 Å². The van der Waals surface area contributed by atoms with Crippen LogP contribution in [-0.2, 0) is 13.0 Å². The smallest absolute Gasteiger partial charge is 0.261 e. The van der Waals surface area contributed by atoms with E-state index in [4.69, 9.17) is 14.7 Å². The molecule has 4 aromatic rings. The number of fused-ring (bicyclic) bond motifs is 3. The molecule has 3 aliphatic carbocycles. The Kier molecular flexibility index (Phi) is 9.08. The number of nitrogens with one attached hydrogen (secondary N) is 2. The second-order valence-corrected chi connectivity index (χ2v) is 14.3. The lowest BCUT2D eigenvalue weighted by Crippen LogP contribution is -2.58. The zero-order chi connectivity index (χ0) is 34.3. The number of hydrogen-bond acceptors (Lipinski definition) is 7. The molecule has 8 rings (SSSR count). The van der Waals surface area contributed by atoms with E-state index in [1.807, 2.05) is 12.1 Å². The van der Waals surface area contributed by atoms with E-state index in [2.05, 4.69) is 46.3 Å². The largest absolute Gasteiger partial charge is 0.497 e. The van der Waals surface area contributed by atoms with Gasteiger partial charge in [-0.1, -0.05) is 26.8 Å². The first kappa shape index (κ1) is 33.1. The fraction of sp³-hybridized carbons (Fsp3) is 0.486. The second-order valence-electron chi connectivity index (χ2n) is 14.3. The van der Waals surface area contributed by atoms with E-state index in [0.29, 0.717) is 76.5 Å². The monoisotopic (exact) mass is 670 g/mol. The average molecular weight is 671 g/mol. The van der Waals surface area contributed by atoms with Crippen molar-refractivity contribution in [1.29, 1.82) is 0 Å². The quantitative estimate of drug-likeness (QED) is 0.192. The summed E-state index contributed by atoms with van der Waals surface area (Å²) >= 11 is 0. The first-order valence-electron chi connectivity index (χ1n) is 17.2. The number of aromatic nitrogens is 4. The van der Waals surface area contributed by atoms with Crippen LogP contribution in [0.1, 0.15) is 39.2 Å². The van der Waals surface area contributed by atoms with Crippen molar-refractivity contribution < 1.29 is 13.5 Å². The van der Waals surface area contributed by atoms with E-state index >= 15 is 0 Å². The van der Waals surface area contributed by atoms with Gasteiger partial charge in [-0.3, -0.25) is 14.3 Å². The lowest BCUT2D eigenvalue weighted by atomic mass is 9.45. The molecule has 258 valence electrons. The number of methoxy groups -OCH3 is 1. The van der Waals surface area contributed by atoms with Gasteiger partial charge in [0.1, 0.15) is 23.9 Å². The molecule has 4 aliphatic rings. The Bertz CT molecular complexity index is 1920. The lowest BCUT2D eigenvalue weighted by molar-refractivity contribution is -0.108. The predicted molar refractivity (Wildman–Crippen MR) is 187 cm³/mol. The first-order chi connectivity index (χ1) is 23.7. The second kappa shape index (κ2) is 13.5. The van der Waals surface area contributed by atoms with Gasteiger partial charge in [-0.15, -0.1) is 0 Å². The van der Waals surface area contributed by atoms with Crippen LogP contribution < -0.4 is 20.9 Å². The Morgan fingerprint density at radius 1 is 1.18 bits per heavy atom. The van der Waals surface area contributed by atoms with Gasteiger partial charge >= 0.3 is 0 Å². The summed E-state index contributed by atoms with van der Waals surface area (Å²) in [5.74, 6) is 2.82. The molecule has 1 aliphatic heterocycles. The molecule has 1 unspecified atom stereocenters. The van der Waals surface area contributed by atoms with Crippen molar-refractivity contribution in [3.05, 3.63) is 76.7 Å². The molecule has 0 radical (unpaired) electrons. The van der Waals surface area contributed by atoms with E-state index in [1.54, 1.807) is 36.8 Å². The molecule has 2 bridgehead atoms. The zero-order valence-electron chi connectivity index (χ0n) is 28.5. The van der Waals surface area contributed by atoms with Crippen molar-refractivity contribution >= 4 is 22.5 Å². The molecule has 0 spiro atoms. The Morgan fingerprint density at radius 3 is 2.76 bits per heavy atom. The Hall–Kier alpha value is -4.45. The summed E-state index contributed by atoms with van der Waals surface area (Å²) in [5, 5.41) is 7.24. The van der Waals surface area contributed by atoms with E-state index in [0.717, 1.165) is 18.1 Å². The number of aliphatic imine (C=N–C) groups is 1. The molecule has 2 N–H and O–H groups in total. The Balaban J connectivity index is 1.23. The summed E-state index contributed by atoms with van der Waals surface area (Å²) in [4.78, 5) is 35.1. The van der Waals surface area contributed by atoms with Gasteiger partial charge in [0, 0.05) is 50.3 Å². The van der Waals surface area contributed by atoms with Crippen molar-refractivity contribution in [2.45, 2.75) is 58.7 Å². The standard InChI is InChI=1S/C37H44F2N8O2/c1-22-29-15-24(37(29,2)3)16-31(22)45-36(46-14-12-41-26(19-38)21-46)43-25-6-8-28-32(17-25)44-34(33-20-40-10-11-42-33)47(35(28)48)13-9-23-5-7-27(49-4)18-30(23)39/h5-8,10-11,17-18,20,22,24,26,29,31,41H,9,12-16,19,21H2,1-4H3,(H,43,45)/t22-,24-,26-,29+,31?/m0/s1. The SMILES string of the molecule is COc1ccc(CCn2c(-c3cnccn3)nc3cc(NC(=NC4C[C@@H]5C[C@H]([C@@H]4C)C5(C)C)N4CCN[C@@H](CF)C4)ccc3c2=O)c(F)c1. The van der Waals surface area contributed by atoms with Crippen LogP contribution in [0.15, 0.2) is 64.8 Å². The number of piperazine rings is 1. The molecule has 49 heavy (non-hydrogen) atoms. The maximum absolute atomic E-state index is 14.8. The van der Waals surface area contributed by atoms with Crippen molar-refractivity contribution in [3.63, 3.8) is 0 Å². The average Bonchev–Trinajstić information content (AvgIpc) is 3.12. The van der Waals surface area contributed by atoms with Gasteiger partial charge in [-0.2, -0.15) is 0 Å². The highest BCUT2D eigenvalue weighted by Gasteiger charge is 2.56. The normalized spacial score (nSPS) is 24.8. The zero-order valence-corrected chi connectivity index (χ0v) is 28.5. The van der Waals surface area contributed by atoms with E-state index in [9.17, 15) is 13.6 Å². The topological polar surface area (TPSA) is 110 Å².